The summed E-state index contributed by atoms with van der Waals surface area (Å²) < 4.78 is 4.99. The first kappa shape index (κ1) is 14.0. The molecule has 12 heavy (non-hydrogen) atoms. The lowest BCUT2D eigenvalue weighted by molar-refractivity contribution is -0.115. The quantitative estimate of drug-likeness (QED) is 0.659. The standard InChI is InChI=1S/C5H10O.C2H5NO.C2H6/c1-6-5-3-2-4-5;1-2(3)4;1-2/h5H,2-4H2,1H3;1H3,(H2,3,4);1-2H3. The minimum atomic E-state index is -0.333. The second-order valence-corrected chi connectivity index (χ2v) is 2.40. The Morgan fingerprint density at radius 1 is 1.42 bits per heavy atom. The van der Waals surface area contributed by atoms with E-state index in [1.54, 1.807) is 7.11 Å². The number of nitrogens with two attached hydrogens (primary N) is 1. The van der Waals surface area contributed by atoms with Crippen molar-refractivity contribution < 1.29 is 9.53 Å². The van der Waals surface area contributed by atoms with E-state index in [0.717, 1.165) is 0 Å². The molecule has 0 atom stereocenters. The molecule has 3 heteroatoms. The molecule has 1 fully saturated rings. The summed E-state index contributed by atoms with van der Waals surface area (Å²) in [7, 11) is 1.78. The van der Waals surface area contributed by atoms with Crippen LogP contribution in [0.25, 0.3) is 0 Å². The molecular weight excluding hydrogens is 154 g/mol. The number of hydrogen-bond acceptors (Lipinski definition) is 2. The van der Waals surface area contributed by atoms with Crippen molar-refractivity contribution in [2.45, 2.75) is 46.1 Å². The lowest BCUT2D eigenvalue weighted by Crippen LogP contribution is -2.18. The number of methoxy groups -OCH3 is 1. The van der Waals surface area contributed by atoms with Crippen LogP contribution in [0.2, 0.25) is 0 Å². The maximum atomic E-state index is 9.22. The summed E-state index contributed by atoms with van der Waals surface area (Å²) in [6.45, 7) is 5.31. The van der Waals surface area contributed by atoms with E-state index in [9.17, 15) is 4.79 Å². The number of amides is 1. The highest BCUT2D eigenvalue weighted by Gasteiger charge is 2.14. The molecule has 2 N–H and O–H groups in total. The van der Waals surface area contributed by atoms with E-state index in [4.69, 9.17) is 4.74 Å². The number of carbonyl (C=O) groups excluding carboxylic acids is 1. The average Bonchev–Trinajstić information content (AvgIpc) is 1.88. The molecule has 0 aromatic carbocycles. The highest BCUT2D eigenvalue weighted by Crippen LogP contribution is 2.20. The lowest BCUT2D eigenvalue weighted by atomic mass is 9.96. The van der Waals surface area contributed by atoms with E-state index in [1.807, 2.05) is 13.8 Å². The lowest BCUT2D eigenvalue weighted by Gasteiger charge is -2.22. The fourth-order valence-corrected chi connectivity index (χ4v) is 0.606. The molecule has 0 aliphatic heterocycles. The molecule has 0 aromatic heterocycles. The maximum absolute atomic E-state index is 9.22. The average molecular weight is 175 g/mol. The predicted molar refractivity (Wildman–Crippen MR) is 50.9 cm³/mol. The van der Waals surface area contributed by atoms with Gasteiger partial charge in [0.25, 0.3) is 0 Å². The molecule has 0 unspecified atom stereocenters. The summed E-state index contributed by atoms with van der Waals surface area (Å²) in [5, 5.41) is 0. The zero-order valence-corrected chi connectivity index (χ0v) is 8.59. The third kappa shape index (κ3) is 12.1. The molecular formula is C9H21NO2. The minimum Gasteiger partial charge on any atom is -0.381 e. The van der Waals surface area contributed by atoms with Crippen molar-refractivity contribution in [3.05, 3.63) is 0 Å². The molecule has 1 aliphatic rings. The molecule has 3 nitrogen and oxygen atoms in total. The Balaban J connectivity index is 0. The van der Waals surface area contributed by atoms with Crippen LogP contribution in [0.15, 0.2) is 0 Å². The third-order valence-electron chi connectivity index (χ3n) is 1.39. The molecule has 74 valence electrons. The Kier molecular flexibility index (Phi) is 12.2. The van der Waals surface area contributed by atoms with E-state index in [2.05, 4.69) is 5.73 Å². The van der Waals surface area contributed by atoms with Crippen molar-refractivity contribution in [3.8, 4) is 0 Å². The van der Waals surface area contributed by atoms with Gasteiger partial charge in [0.2, 0.25) is 5.91 Å². The smallest absolute Gasteiger partial charge is 0.214 e. The van der Waals surface area contributed by atoms with Crippen LogP contribution in [-0.4, -0.2) is 19.1 Å². The van der Waals surface area contributed by atoms with Gasteiger partial charge in [-0.3, -0.25) is 4.79 Å². The largest absolute Gasteiger partial charge is 0.381 e. The van der Waals surface area contributed by atoms with Crippen molar-refractivity contribution in [3.63, 3.8) is 0 Å². The van der Waals surface area contributed by atoms with Crippen LogP contribution < -0.4 is 5.73 Å². The Bertz CT molecular complexity index is 93.9. The van der Waals surface area contributed by atoms with Gasteiger partial charge in [-0.15, -0.1) is 0 Å². The summed E-state index contributed by atoms with van der Waals surface area (Å²) in [4.78, 5) is 9.22. The summed E-state index contributed by atoms with van der Waals surface area (Å²) in [6, 6.07) is 0. The highest BCUT2D eigenvalue weighted by molar-refractivity contribution is 5.70. The Morgan fingerprint density at radius 2 is 1.75 bits per heavy atom. The van der Waals surface area contributed by atoms with Crippen molar-refractivity contribution in [2.75, 3.05) is 7.11 Å². The molecule has 1 aliphatic carbocycles. The summed E-state index contributed by atoms with van der Waals surface area (Å²) in [5.74, 6) is -0.333. The van der Waals surface area contributed by atoms with Gasteiger partial charge in [-0.2, -0.15) is 0 Å². The third-order valence-corrected chi connectivity index (χ3v) is 1.39. The van der Waals surface area contributed by atoms with E-state index in [0.29, 0.717) is 6.10 Å². The Morgan fingerprint density at radius 3 is 1.75 bits per heavy atom. The van der Waals surface area contributed by atoms with Gasteiger partial charge in [0.1, 0.15) is 0 Å². The van der Waals surface area contributed by atoms with Crippen LogP contribution in [-0.2, 0) is 9.53 Å². The summed E-state index contributed by atoms with van der Waals surface area (Å²) in [5.41, 5.74) is 4.47. The minimum absolute atomic E-state index is 0.333. The van der Waals surface area contributed by atoms with Crippen molar-refractivity contribution >= 4 is 5.91 Å². The first-order valence-corrected chi connectivity index (χ1v) is 4.45. The monoisotopic (exact) mass is 175 g/mol. The number of primary amides is 1. The fraction of sp³-hybridized carbons (Fsp3) is 0.889. The van der Waals surface area contributed by atoms with Crippen molar-refractivity contribution in [1.29, 1.82) is 0 Å². The van der Waals surface area contributed by atoms with Gasteiger partial charge in [-0.25, -0.2) is 0 Å². The van der Waals surface area contributed by atoms with Gasteiger partial charge in [0, 0.05) is 14.0 Å². The van der Waals surface area contributed by atoms with Crippen molar-refractivity contribution in [2.24, 2.45) is 5.73 Å². The summed E-state index contributed by atoms with van der Waals surface area (Å²) in [6.07, 6.45) is 4.57. The molecule has 0 aromatic rings. The van der Waals surface area contributed by atoms with E-state index in [-0.39, 0.29) is 5.91 Å². The van der Waals surface area contributed by atoms with E-state index in [1.165, 1.54) is 26.2 Å². The number of hydrogen-bond donors (Lipinski definition) is 1. The van der Waals surface area contributed by atoms with Crippen LogP contribution in [0.3, 0.4) is 0 Å². The van der Waals surface area contributed by atoms with Gasteiger partial charge in [0.15, 0.2) is 0 Å². The first-order valence-electron chi connectivity index (χ1n) is 4.45. The fourth-order valence-electron chi connectivity index (χ4n) is 0.606. The van der Waals surface area contributed by atoms with E-state index < -0.39 is 0 Å². The van der Waals surface area contributed by atoms with Crippen LogP contribution in [0.4, 0.5) is 0 Å². The van der Waals surface area contributed by atoms with Crippen molar-refractivity contribution in [1.82, 2.24) is 0 Å². The molecule has 0 saturated heterocycles. The van der Waals surface area contributed by atoms with Gasteiger partial charge < -0.3 is 10.5 Å². The van der Waals surface area contributed by atoms with Crippen LogP contribution in [0, 0.1) is 0 Å². The Labute approximate surface area is 75.3 Å². The zero-order valence-electron chi connectivity index (χ0n) is 8.59. The molecule has 0 radical (unpaired) electrons. The SMILES string of the molecule is CC.CC(N)=O.COC1CCC1. The van der Waals surface area contributed by atoms with E-state index >= 15 is 0 Å². The molecule has 0 bridgehead atoms. The molecule has 0 spiro atoms. The predicted octanol–water partition coefficient (Wildman–Crippen LogP) is 1.70. The summed E-state index contributed by atoms with van der Waals surface area (Å²) >= 11 is 0. The number of rotatable bonds is 1. The molecule has 0 heterocycles. The molecule has 1 amide bonds. The van der Waals surface area contributed by atoms with Crippen LogP contribution in [0.1, 0.15) is 40.0 Å². The van der Waals surface area contributed by atoms with Gasteiger partial charge in [-0.1, -0.05) is 13.8 Å². The molecule has 1 saturated carbocycles. The normalized spacial score (nSPS) is 14.3. The van der Waals surface area contributed by atoms with Gasteiger partial charge >= 0.3 is 0 Å². The van der Waals surface area contributed by atoms with Crippen LogP contribution >= 0.6 is 0 Å². The topological polar surface area (TPSA) is 52.3 Å². The molecule has 1 rings (SSSR count). The Hall–Kier alpha value is -0.570. The highest BCUT2D eigenvalue weighted by atomic mass is 16.5. The zero-order chi connectivity index (χ0) is 9.98. The second-order valence-electron chi connectivity index (χ2n) is 2.40. The number of ether oxygens (including phenoxy) is 1. The number of carbonyl (C=O) groups is 1. The second kappa shape index (κ2) is 10.4. The van der Waals surface area contributed by atoms with Gasteiger partial charge in [-0.05, 0) is 19.3 Å². The first-order chi connectivity index (χ1) is 5.66. The maximum Gasteiger partial charge on any atom is 0.214 e. The van der Waals surface area contributed by atoms with Crippen LogP contribution in [0.5, 0.6) is 0 Å². The van der Waals surface area contributed by atoms with Gasteiger partial charge in [0.05, 0.1) is 6.10 Å².